The molecule has 0 N–H and O–H groups in total. The molecule has 0 heterocycles. The molecule has 0 spiro atoms. The first kappa shape index (κ1) is 18.5. The third kappa shape index (κ3) is 5.62. The summed E-state index contributed by atoms with van der Waals surface area (Å²) in [5, 5.41) is 0. The Morgan fingerprint density at radius 3 is 1.65 bits per heavy atom. The fourth-order valence-electron chi connectivity index (χ4n) is 1.50. The zero-order valence-electron chi connectivity index (χ0n) is 13.0. The molecule has 0 aliphatic heterocycles. The van der Waals surface area contributed by atoms with Crippen LogP contribution in [0.4, 0.5) is 0 Å². The molecule has 0 bridgehead atoms. The quantitative estimate of drug-likeness (QED) is 0.533. The highest BCUT2D eigenvalue weighted by molar-refractivity contribution is 7.98. The molecule has 2 aromatic rings. The van der Waals surface area contributed by atoms with Crippen molar-refractivity contribution < 1.29 is 4.79 Å². The van der Waals surface area contributed by atoms with Crippen molar-refractivity contribution in [3.63, 3.8) is 0 Å². The van der Waals surface area contributed by atoms with E-state index in [1.54, 1.807) is 11.8 Å². The molecule has 0 amide bonds. The van der Waals surface area contributed by atoms with E-state index in [0.29, 0.717) is 0 Å². The molecule has 0 saturated heterocycles. The lowest BCUT2D eigenvalue weighted by atomic mass is 10.0. The summed E-state index contributed by atoms with van der Waals surface area (Å²) in [5.74, 6) is 0.0771. The molecule has 108 valence electrons. The van der Waals surface area contributed by atoms with Crippen LogP contribution in [0.5, 0.6) is 0 Å². The second-order valence-electron chi connectivity index (χ2n) is 3.42. The van der Waals surface area contributed by atoms with E-state index in [1.807, 2.05) is 88.5 Å². The van der Waals surface area contributed by atoms with E-state index in [-0.39, 0.29) is 5.78 Å². The average molecular weight is 288 g/mol. The predicted molar refractivity (Wildman–Crippen MR) is 90.8 cm³/mol. The van der Waals surface area contributed by atoms with E-state index in [9.17, 15) is 4.79 Å². The van der Waals surface area contributed by atoms with Crippen molar-refractivity contribution in [2.24, 2.45) is 0 Å². The van der Waals surface area contributed by atoms with Gasteiger partial charge in [0.25, 0.3) is 0 Å². The van der Waals surface area contributed by atoms with Crippen LogP contribution in [0.15, 0.2) is 59.5 Å². The van der Waals surface area contributed by atoms with Crippen molar-refractivity contribution >= 4 is 17.5 Å². The largest absolute Gasteiger partial charge is 0.289 e. The van der Waals surface area contributed by atoms with Crippen LogP contribution in [-0.4, -0.2) is 12.0 Å². The standard InChI is InChI=1S/C14H12OS.2C2H6/c1-16-13-9-7-12(8-10-13)14(15)11-5-3-2-4-6-11;2*1-2/h2-10H,1H3;2*1-2H3. The number of ketones is 1. The van der Waals surface area contributed by atoms with Crippen LogP contribution in [0.1, 0.15) is 43.6 Å². The number of hydrogen-bond donors (Lipinski definition) is 0. The van der Waals surface area contributed by atoms with Gasteiger partial charge in [0.2, 0.25) is 0 Å². The number of thioether (sulfide) groups is 1. The fraction of sp³-hybridized carbons (Fsp3) is 0.278. The highest BCUT2D eigenvalue weighted by Gasteiger charge is 2.07. The lowest BCUT2D eigenvalue weighted by Crippen LogP contribution is -2.00. The maximum Gasteiger partial charge on any atom is 0.193 e. The van der Waals surface area contributed by atoms with Gasteiger partial charge in [-0.15, -0.1) is 11.8 Å². The molecular formula is C18H24OS. The van der Waals surface area contributed by atoms with E-state index in [4.69, 9.17) is 0 Å². The Morgan fingerprint density at radius 2 is 1.20 bits per heavy atom. The van der Waals surface area contributed by atoms with Crippen LogP contribution in [-0.2, 0) is 0 Å². The summed E-state index contributed by atoms with van der Waals surface area (Å²) in [6, 6.07) is 17.0. The third-order valence-corrected chi connectivity index (χ3v) is 3.13. The van der Waals surface area contributed by atoms with Crippen LogP contribution < -0.4 is 0 Å². The summed E-state index contributed by atoms with van der Waals surface area (Å²) < 4.78 is 0. The molecule has 2 rings (SSSR count). The molecule has 0 fully saturated rings. The maximum absolute atomic E-state index is 12.0. The van der Waals surface area contributed by atoms with Crippen molar-refractivity contribution in [1.82, 2.24) is 0 Å². The van der Waals surface area contributed by atoms with Gasteiger partial charge in [0, 0.05) is 16.0 Å². The van der Waals surface area contributed by atoms with E-state index in [0.717, 1.165) is 11.1 Å². The second kappa shape index (κ2) is 11.3. The Bertz CT molecular complexity index is 475. The smallest absolute Gasteiger partial charge is 0.193 e. The Labute approximate surface area is 127 Å². The van der Waals surface area contributed by atoms with Crippen LogP contribution in [0, 0.1) is 0 Å². The summed E-state index contributed by atoms with van der Waals surface area (Å²) in [7, 11) is 0. The zero-order valence-corrected chi connectivity index (χ0v) is 13.8. The SMILES string of the molecule is CC.CC.CSc1ccc(C(=O)c2ccccc2)cc1. The summed E-state index contributed by atoms with van der Waals surface area (Å²) in [6.07, 6.45) is 2.02. The van der Waals surface area contributed by atoms with Crippen molar-refractivity contribution in [3.8, 4) is 0 Å². The van der Waals surface area contributed by atoms with Gasteiger partial charge in [-0.1, -0.05) is 58.0 Å². The molecule has 0 aliphatic rings. The van der Waals surface area contributed by atoms with Crippen LogP contribution in [0.3, 0.4) is 0 Å². The van der Waals surface area contributed by atoms with Crippen LogP contribution >= 0.6 is 11.8 Å². The monoisotopic (exact) mass is 288 g/mol. The van der Waals surface area contributed by atoms with Gasteiger partial charge in [0.05, 0.1) is 0 Å². The van der Waals surface area contributed by atoms with Crippen LogP contribution in [0.25, 0.3) is 0 Å². The molecule has 20 heavy (non-hydrogen) atoms. The van der Waals surface area contributed by atoms with E-state index in [2.05, 4.69) is 0 Å². The molecule has 0 radical (unpaired) electrons. The highest BCUT2D eigenvalue weighted by atomic mass is 32.2. The summed E-state index contributed by atoms with van der Waals surface area (Å²) in [5.41, 5.74) is 1.48. The van der Waals surface area contributed by atoms with E-state index >= 15 is 0 Å². The van der Waals surface area contributed by atoms with Crippen molar-refractivity contribution in [3.05, 3.63) is 65.7 Å². The Hall–Kier alpha value is -1.54. The first-order chi connectivity index (χ1) is 9.81. The van der Waals surface area contributed by atoms with Gasteiger partial charge in [-0.25, -0.2) is 0 Å². The molecule has 1 nitrogen and oxygen atoms in total. The van der Waals surface area contributed by atoms with Gasteiger partial charge in [-0.3, -0.25) is 4.79 Å². The maximum atomic E-state index is 12.0. The number of benzene rings is 2. The van der Waals surface area contributed by atoms with Gasteiger partial charge in [-0.05, 0) is 30.5 Å². The number of carbonyl (C=O) groups is 1. The van der Waals surface area contributed by atoms with E-state index in [1.165, 1.54) is 4.90 Å². The predicted octanol–water partition coefficient (Wildman–Crippen LogP) is 5.69. The van der Waals surface area contributed by atoms with Crippen molar-refractivity contribution in [2.45, 2.75) is 32.6 Å². The molecule has 2 heteroatoms. The Kier molecular flexibility index (Phi) is 10.4. The van der Waals surface area contributed by atoms with Crippen LogP contribution in [0.2, 0.25) is 0 Å². The zero-order chi connectivity index (χ0) is 15.4. The summed E-state index contributed by atoms with van der Waals surface area (Å²) in [4.78, 5) is 13.2. The highest BCUT2D eigenvalue weighted by Crippen LogP contribution is 2.16. The minimum atomic E-state index is 0.0771. The van der Waals surface area contributed by atoms with Gasteiger partial charge in [0.1, 0.15) is 0 Å². The van der Waals surface area contributed by atoms with Gasteiger partial charge in [0.15, 0.2) is 5.78 Å². The minimum absolute atomic E-state index is 0.0771. The lowest BCUT2D eigenvalue weighted by molar-refractivity contribution is 0.103. The fourth-order valence-corrected chi connectivity index (χ4v) is 1.91. The van der Waals surface area contributed by atoms with E-state index < -0.39 is 0 Å². The molecule has 0 aromatic heterocycles. The first-order valence-electron chi connectivity index (χ1n) is 7.05. The molecule has 0 atom stereocenters. The summed E-state index contributed by atoms with van der Waals surface area (Å²) in [6.45, 7) is 8.00. The second-order valence-corrected chi connectivity index (χ2v) is 4.30. The molecule has 0 saturated carbocycles. The Morgan fingerprint density at radius 1 is 0.750 bits per heavy atom. The van der Waals surface area contributed by atoms with Gasteiger partial charge < -0.3 is 0 Å². The number of carbonyl (C=O) groups excluding carboxylic acids is 1. The topological polar surface area (TPSA) is 17.1 Å². The molecule has 2 aromatic carbocycles. The molecule has 0 aliphatic carbocycles. The average Bonchev–Trinajstić information content (AvgIpc) is 2.59. The lowest BCUT2D eigenvalue weighted by Gasteiger charge is -2.01. The number of hydrogen-bond acceptors (Lipinski definition) is 2. The third-order valence-electron chi connectivity index (χ3n) is 2.39. The molecule has 0 unspecified atom stereocenters. The molecular weight excluding hydrogens is 264 g/mol. The number of rotatable bonds is 3. The normalized spacial score (nSPS) is 8.65. The van der Waals surface area contributed by atoms with Crippen molar-refractivity contribution in [2.75, 3.05) is 6.26 Å². The minimum Gasteiger partial charge on any atom is -0.289 e. The van der Waals surface area contributed by atoms with Gasteiger partial charge in [-0.2, -0.15) is 0 Å². The van der Waals surface area contributed by atoms with Gasteiger partial charge >= 0.3 is 0 Å². The Balaban J connectivity index is 0.000000829. The van der Waals surface area contributed by atoms with Crippen molar-refractivity contribution in [1.29, 1.82) is 0 Å². The first-order valence-corrected chi connectivity index (χ1v) is 8.27. The summed E-state index contributed by atoms with van der Waals surface area (Å²) >= 11 is 1.67.